The molecule has 0 N–H and O–H groups in total. The van der Waals surface area contributed by atoms with Crippen molar-refractivity contribution in [2.24, 2.45) is 0 Å². The first kappa shape index (κ1) is 16.2. The smallest absolute Gasteiger partial charge is 0.274 e. The zero-order chi connectivity index (χ0) is 16.9. The SMILES string of the molecule is O=[N+]([O-])/C=C1\N(Cc2cccnc2)CCN1Cc1ccc(Cl)nc1. The van der Waals surface area contributed by atoms with Crippen molar-refractivity contribution in [1.82, 2.24) is 19.8 Å². The van der Waals surface area contributed by atoms with E-state index >= 15 is 0 Å². The summed E-state index contributed by atoms with van der Waals surface area (Å²) in [5.41, 5.74) is 1.97. The van der Waals surface area contributed by atoms with Gasteiger partial charge in [-0.3, -0.25) is 15.1 Å². The van der Waals surface area contributed by atoms with E-state index in [9.17, 15) is 10.1 Å². The van der Waals surface area contributed by atoms with E-state index in [4.69, 9.17) is 11.6 Å². The first-order valence-corrected chi connectivity index (χ1v) is 7.84. The molecular formula is C16H16ClN5O2. The number of aromatic nitrogens is 2. The van der Waals surface area contributed by atoms with Crippen LogP contribution in [0.25, 0.3) is 0 Å². The van der Waals surface area contributed by atoms with E-state index in [-0.39, 0.29) is 0 Å². The Labute approximate surface area is 144 Å². The molecule has 0 atom stereocenters. The maximum atomic E-state index is 11.0. The number of halogens is 1. The Kier molecular flexibility index (Phi) is 4.90. The van der Waals surface area contributed by atoms with Crippen LogP contribution in [0.15, 0.2) is 54.9 Å². The van der Waals surface area contributed by atoms with Crippen molar-refractivity contribution in [3.8, 4) is 0 Å². The van der Waals surface area contributed by atoms with Gasteiger partial charge in [0.15, 0.2) is 5.82 Å². The molecule has 0 spiro atoms. The molecule has 3 heterocycles. The predicted octanol–water partition coefficient (Wildman–Crippen LogP) is 2.52. The Morgan fingerprint density at radius 3 is 2.42 bits per heavy atom. The molecule has 1 fully saturated rings. The summed E-state index contributed by atoms with van der Waals surface area (Å²) in [4.78, 5) is 22.7. The lowest BCUT2D eigenvalue weighted by atomic mass is 10.2. The monoisotopic (exact) mass is 345 g/mol. The third kappa shape index (κ3) is 3.99. The predicted molar refractivity (Wildman–Crippen MR) is 89.4 cm³/mol. The average Bonchev–Trinajstić information content (AvgIpc) is 2.92. The van der Waals surface area contributed by atoms with Gasteiger partial charge in [0.2, 0.25) is 0 Å². The molecule has 0 radical (unpaired) electrons. The molecule has 2 aromatic heterocycles. The summed E-state index contributed by atoms with van der Waals surface area (Å²) in [5.74, 6) is 0.596. The van der Waals surface area contributed by atoms with Gasteiger partial charge in [-0.15, -0.1) is 0 Å². The topological polar surface area (TPSA) is 75.4 Å². The number of nitro groups is 1. The van der Waals surface area contributed by atoms with Crippen LogP contribution in [0, 0.1) is 10.1 Å². The minimum atomic E-state index is -0.413. The highest BCUT2D eigenvalue weighted by atomic mass is 35.5. The Morgan fingerprint density at radius 1 is 1.17 bits per heavy atom. The summed E-state index contributed by atoms with van der Waals surface area (Å²) in [7, 11) is 0. The maximum Gasteiger partial charge on any atom is 0.274 e. The Hall–Kier alpha value is -2.67. The third-order valence-electron chi connectivity index (χ3n) is 3.77. The first-order valence-electron chi connectivity index (χ1n) is 7.46. The quantitative estimate of drug-likeness (QED) is 0.471. The van der Waals surface area contributed by atoms with Crippen LogP contribution in [0.2, 0.25) is 5.15 Å². The average molecular weight is 346 g/mol. The maximum absolute atomic E-state index is 11.0. The molecule has 0 aromatic carbocycles. The molecule has 1 aliphatic heterocycles. The lowest BCUT2D eigenvalue weighted by molar-refractivity contribution is -0.405. The molecule has 124 valence electrons. The standard InChI is InChI=1S/C16H16ClN5O2/c17-15-4-3-14(9-19-15)11-21-7-6-20(16(21)12-22(23)24)10-13-2-1-5-18-8-13/h1-5,8-9,12H,6-7,10-11H2/b16-12+. The van der Waals surface area contributed by atoms with E-state index in [1.54, 1.807) is 24.7 Å². The summed E-state index contributed by atoms with van der Waals surface area (Å²) >= 11 is 5.80. The fraction of sp³-hybridized carbons (Fsp3) is 0.250. The largest absolute Gasteiger partial charge is 0.347 e. The van der Waals surface area contributed by atoms with Gasteiger partial charge in [0.25, 0.3) is 6.20 Å². The second-order valence-corrected chi connectivity index (χ2v) is 5.85. The van der Waals surface area contributed by atoms with Gasteiger partial charge in [0, 0.05) is 44.8 Å². The molecule has 8 heteroatoms. The lowest BCUT2D eigenvalue weighted by Crippen LogP contribution is -2.24. The molecule has 0 aliphatic carbocycles. The molecule has 2 aromatic rings. The summed E-state index contributed by atoms with van der Waals surface area (Å²) in [6, 6.07) is 7.42. The Balaban J connectivity index is 1.77. The van der Waals surface area contributed by atoms with E-state index in [1.807, 2.05) is 28.0 Å². The Bertz CT molecular complexity index is 736. The molecular weight excluding hydrogens is 330 g/mol. The fourth-order valence-corrected chi connectivity index (χ4v) is 2.79. The normalized spacial score (nSPS) is 16.0. The van der Waals surface area contributed by atoms with E-state index in [0.29, 0.717) is 30.6 Å². The summed E-state index contributed by atoms with van der Waals surface area (Å²) in [6.07, 6.45) is 6.24. The number of nitrogens with zero attached hydrogens (tertiary/aromatic N) is 5. The fourth-order valence-electron chi connectivity index (χ4n) is 2.68. The van der Waals surface area contributed by atoms with Crippen molar-refractivity contribution < 1.29 is 4.92 Å². The minimum absolute atomic E-state index is 0.413. The van der Waals surface area contributed by atoms with Crippen molar-refractivity contribution in [3.05, 3.63) is 81.3 Å². The van der Waals surface area contributed by atoms with Gasteiger partial charge < -0.3 is 9.80 Å². The highest BCUT2D eigenvalue weighted by Gasteiger charge is 2.27. The van der Waals surface area contributed by atoms with Gasteiger partial charge in [0.1, 0.15) is 5.15 Å². The minimum Gasteiger partial charge on any atom is -0.347 e. The van der Waals surface area contributed by atoms with Gasteiger partial charge in [-0.2, -0.15) is 0 Å². The van der Waals surface area contributed by atoms with Crippen molar-refractivity contribution in [2.75, 3.05) is 13.1 Å². The summed E-state index contributed by atoms with van der Waals surface area (Å²) in [6.45, 7) is 2.56. The van der Waals surface area contributed by atoms with Gasteiger partial charge in [0.05, 0.1) is 4.92 Å². The molecule has 0 saturated carbocycles. The van der Waals surface area contributed by atoms with E-state index in [2.05, 4.69) is 9.97 Å². The molecule has 0 amide bonds. The van der Waals surface area contributed by atoms with E-state index in [0.717, 1.165) is 23.9 Å². The first-order chi connectivity index (χ1) is 11.6. The molecule has 3 rings (SSSR count). The van der Waals surface area contributed by atoms with Crippen molar-refractivity contribution in [2.45, 2.75) is 13.1 Å². The van der Waals surface area contributed by atoms with Crippen LogP contribution in [0.3, 0.4) is 0 Å². The summed E-state index contributed by atoms with van der Waals surface area (Å²) < 4.78 is 0. The van der Waals surface area contributed by atoms with E-state index in [1.165, 1.54) is 0 Å². The van der Waals surface area contributed by atoms with Crippen molar-refractivity contribution in [1.29, 1.82) is 0 Å². The Morgan fingerprint density at radius 2 is 1.88 bits per heavy atom. The highest BCUT2D eigenvalue weighted by Crippen LogP contribution is 2.23. The second kappa shape index (κ2) is 7.27. The van der Waals surface area contributed by atoms with Gasteiger partial charge in [-0.25, -0.2) is 4.98 Å². The van der Waals surface area contributed by atoms with Crippen LogP contribution in [-0.4, -0.2) is 37.8 Å². The zero-order valence-corrected chi connectivity index (χ0v) is 13.6. The van der Waals surface area contributed by atoms with Gasteiger partial charge >= 0.3 is 0 Å². The zero-order valence-electron chi connectivity index (χ0n) is 12.9. The van der Waals surface area contributed by atoms with E-state index < -0.39 is 4.92 Å². The van der Waals surface area contributed by atoms with Crippen LogP contribution in [0.1, 0.15) is 11.1 Å². The highest BCUT2D eigenvalue weighted by molar-refractivity contribution is 6.29. The molecule has 1 aliphatic rings. The van der Waals surface area contributed by atoms with Crippen LogP contribution in [-0.2, 0) is 13.1 Å². The van der Waals surface area contributed by atoms with Crippen molar-refractivity contribution >= 4 is 11.6 Å². The summed E-state index contributed by atoms with van der Waals surface area (Å²) in [5, 5.41) is 11.5. The molecule has 1 saturated heterocycles. The molecule has 0 unspecified atom stereocenters. The third-order valence-corrected chi connectivity index (χ3v) is 3.99. The molecule has 24 heavy (non-hydrogen) atoms. The van der Waals surface area contributed by atoms with Gasteiger partial charge in [-0.05, 0) is 23.3 Å². The second-order valence-electron chi connectivity index (χ2n) is 5.47. The van der Waals surface area contributed by atoms with Crippen LogP contribution < -0.4 is 0 Å². The van der Waals surface area contributed by atoms with Crippen LogP contribution in [0.4, 0.5) is 0 Å². The molecule has 7 nitrogen and oxygen atoms in total. The number of rotatable bonds is 5. The molecule has 0 bridgehead atoms. The van der Waals surface area contributed by atoms with Crippen molar-refractivity contribution in [3.63, 3.8) is 0 Å². The number of pyridine rings is 2. The van der Waals surface area contributed by atoms with Crippen LogP contribution >= 0.6 is 11.6 Å². The number of hydrogen-bond donors (Lipinski definition) is 0. The van der Waals surface area contributed by atoms with Crippen LogP contribution in [0.5, 0.6) is 0 Å². The lowest BCUT2D eigenvalue weighted by Gasteiger charge is -2.22. The van der Waals surface area contributed by atoms with Gasteiger partial charge in [-0.1, -0.05) is 23.7 Å². The number of hydrogen-bond acceptors (Lipinski definition) is 6.